The van der Waals surface area contributed by atoms with Crippen LogP contribution in [0.2, 0.25) is 0 Å². The monoisotopic (exact) mass is 286 g/mol. The van der Waals surface area contributed by atoms with Crippen LogP contribution in [0, 0.1) is 13.8 Å². The standard InChI is InChI=1S/C14H14N4OS/c1-8-7-9(2)16-14-10(8)11(18-5-3-4-6-18)12(20-14)13(19)17-15/h3-7H,15H2,1-2H3,(H,17,19). The van der Waals surface area contributed by atoms with Crippen molar-refractivity contribution in [2.45, 2.75) is 13.8 Å². The van der Waals surface area contributed by atoms with Gasteiger partial charge in [-0.05, 0) is 37.6 Å². The number of nitrogens with two attached hydrogens (primary N) is 1. The number of hydrogen-bond acceptors (Lipinski definition) is 4. The predicted molar refractivity (Wildman–Crippen MR) is 80.1 cm³/mol. The lowest BCUT2D eigenvalue weighted by Gasteiger charge is -2.07. The molecule has 0 spiro atoms. The lowest BCUT2D eigenvalue weighted by molar-refractivity contribution is 0.0958. The number of hydrogen-bond donors (Lipinski definition) is 2. The van der Waals surface area contributed by atoms with Crippen molar-refractivity contribution in [3.8, 4) is 5.69 Å². The van der Waals surface area contributed by atoms with Crippen LogP contribution in [0.25, 0.3) is 15.9 Å². The molecule has 3 N–H and O–H groups in total. The molecule has 20 heavy (non-hydrogen) atoms. The molecule has 0 unspecified atom stereocenters. The van der Waals surface area contributed by atoms with Crippen molar-refractivity contribution in [2.75, 3.05) is 0 Å². The van der Waals surface area contributed by atoms with E-state index in [4.69, 9.17) is 5.84 Å². The summed E-state index contributed by atoms with van der Waals surface area (Å²) >= 11 is 1.36. The molecule has 0 saturated carbocycles. The van der Waals surface area contributed by atoms with E-state index in [0.717, 1.165) is 27.2 Å². The maximum absolute atomic E-state index is 12.0. The lowest BCUT2D eigenvalue weighted by atomic mass is 10.1. The van der Waals surface area contributed by atoms with Crippen LogP contribution in [-0.4, -0.2) is 15.5 Å². The van der Waals surface area contributed by atoms with Crippen LogP contribution < -0.4 is 11.3 Å². The lowest BCUT2D eigenvalue weighted by Crippen LogP contribution is -2.30. The van der Waals surface area contributed by atoms with Gasteiger partial charge < -0.3 is 4.57 Å². The zero-order valence-electron chi connectivity index (χ0n) is 11.2. The molecule has 6 heteroatoms. The minimum Gasteiger partial charge on any atom is -0.322 e. The molecule has 0 aliphatic rings. The first-order chi connectivity index (χ1) is 9.61. The Balaban J connectivity index is 2.41. The Morgan fingerprint density at radius 1 is 1.35 bits per heavy atom. The van der Waals surface area contributed by atoms with Gasteiger partial charge in [-0.3, -0.25) is 10.2 Å². The van der Waals surface area contributed by atoms with Gasteiger partial charge in [-0.2, -0.15) is 0 Å². The number of aryl methyl sites for hydroxylation is 2. The molecule has 0 aliphatic heterocycles. The zero-order chi connectivity index (χ0) is 14.3. The first-order valence-corrected chi connectivity index (χ1v) is 6.98. The molecule has 0 saturated heterocycles. The van der Waals surface area contributed by atoms with Crippen molar-refractivity contribution in [3.63, 3.8) is 0 Å². The van der Waals surface area contributed by atoms with Crippen molar-refractivity contribution in [3.05, 3.63) is 46.7 Å². The van der Waals surface area contributed by atoms with E-state index in [2.05, 4.69) is 10.4 Å². The number of carbonyl (C=O) groups is 1. The number of thiophene rings is 1. The summed E-state index contributed by atoms with van der Waals surface area (Å²) in [6.45, 7) is 3.98. The second-order valence-corrected chi connectivity index (χ2v) is 5.60. The number of aromatic nitrogens is 2. The van der Waals surface area contributed by atoms with Crippen molar-refractivity contribution in [1.29, 1.82) is 0 Å². The molecule has 0 bridgehead atoms. The Kier molecular flexibility index (Phi) is 3.04. The van der Waals surface area contributed by atoms with Crippen molar-refractivity contribution >= 4 is 27.5 Å². The Morgan fingerprint density at radius 3 is 2.70 bits per heavy atom. The molecule has 0 aliphatic carbocycles. The van der Waals surface area contributed by atoms with Gasteiger partial charge in [-0.15, -0.1) is 11.3 Å². The SMILES string of the molecule is Cc1cc(C)c2c(-n3cccc3)c(C(=O)NN)sc2n1. The van der Waals surface area contributed by atoms with Gasteiger partial charge in [0.25, 0.3) is 5.91 Å². The number of nitrogen functional groups attached to an aromatic ring is 1. The number of fused-ring (bicyclic) bond motifs is 1. The molecule has 3 aromatic rings. The average Bonchev–Trinajstić information content (AvgIpc) is 3.03. The topological polar surface area (TPSA) is 72.9 Å². The van der Waals surface area contributed by atoms with E-state index in [-0.39, 0.29) is 5.91 Å². The van der Waals surface area contributed by atoms with Gasteiger partial charge in [0.2, 0.25) is 0 Å². The number of carbonyl (C=O) groups excluding carboxylic acids is 1. The minimum atomic E-state index is -0.297. The van der Waals surface area contributed by atoms with E-state index < -0.39 is 0 Å². The van der Waals surface area contributed by atoms with Crippen LogP contribution in [0.1, 0.15) is 20.9 Å². The molecule has 3 aromatic heterocycles. The highest BCUT2D eigenvalue weighted by Gasteiger charge is 2.21. The van der Waals surface area contributed by atoms with Gasteiger partial charge in [0, 0.05) is 23.5 Å². The highest BCUT2D eigenvalue weighted by atomic mass is 32.1. The number of hydrazine groups is 1. The highest BCUT2D eigenvalue weighted by molar-refractivity contribution is 7.21. The molecule has 0 fully saturated rings. The van der Waals surface area contributed by atoms with E-state index in [1.54, 1.807) is 0 Å². The van der Waals surface area contributed by atoms with Crippen LogP contribution in [0.4, 0.5) is 0 Å². The first kappa shape index (κ1) is 12.8. The summed E-state index contributed by atoms with van der Waals surface area (Å²) in [7, 11) is 0. The van der Waals surface area contributed by atoms with Crippen LogP contribution in [-0.2, 0) is 0 Å². The van der Waals surface area contributed by atoms with Crippen molar-refractivity contribution in [2.24, 2.45) is 5.84 Å². The number of nitrogens with one attached hydrogen (secondary N) is 1. The number of amides is 1. The van der Waals surface area contributed by atoms with Crippen molar-refractivity contribution in [1.82, 2.24) is 15.0 Å². The predicted octanol–water partition coefficient (Wildman–Crippen LogP) is 2.31. The van der Waals surface area contributed by atoms with Gasteiger partial charge in [-0.25, -0.2) is 10.8 Å². The van der Waals surface area contributed by atoms with Crippen LogP contribution in [0.5, 0.6) is 0 Å². The number of nitrogens with zero attached hydrogens (tertiary/aromatic N) is 2. The molecule has 102 valence electrons. The van der Waals surface area contributed by atoms with E-state index in [0.29, 0.717) is 4.88 Å². The molecule has 1 amide bonds. The maximum atomic E-state index is 12.0. The van der Waals surface area contributed by atoms with Gasteiger partial charge in [-0.1, -0.05) is 0 Å². The largest absolute Gasteiger partial charge is 0.322 e. The van der Waals surface area contributed by atoms with Crippen LogP contribution >= 0.6 is 11.3 Å². The first-order valence-electron chi connectivity index (χ1n) is 6.17. The number of rotatable bonds is 2. The van der Waals surface area contributed by atoms with Gasteiger partial charge in [0.1, 0.15) is 9.71 Å². The second-order valence-electron chi connectivity index (χ2n) is 4.60. The average molecular weight is 286 g/mol. The molecular weight excluding hydrogens is 272 g/mol. The summed E-state index contributed by atoms with van der Waals surface area (Å²) in [6.07, 6.45) is 3.82. The Bertz CT molecular complexity index is 789. The maximum Gasteiger partial charge on any atom is 0.277 e. The molecule has 0 atom stereocenters. The Labute approximate surface area is 120 Å². The van der Waals surface area contributed by atoms with E-state index in [1.165, 1.54) is 11.3 Å². The quantitative estimate of drug-likeness (QED) is 0.431. The Hall–Kier alpha value is -2.18. The smallest absolute Gasteiger partial charge is 0.277 e. The fraction of sp³-hybridized carbons (Fsp3) is 0.143. The number of pyridine rings is 1. The summed E-state index contributed by atoms with van der Waals surface area (Å²) < 4.78 is 1.92. The summed E-state index contributed by atoms with van der Waals surface area (Å²) in [5.41, 5.74) is 5.09. The molecule has 3 heterocycles. The summed E-state index contributed by atoms with van der Waals surface area (Å²) in [5.74, 6) is 5.00. The molecule has 5 nitrogen and oxygen atoms in total. The summed E-state index contributed by atoms with van der Waals surface area (Å²) in [4.78, 5) is 18.0. The third kappa shape index (κ3) is 1.90. The summed E-state index contributed by atoms with van der Waals surface area (Å²) in [5, 5.41) is 0.996. The third-order valence-corrected chi connectivity index (χ3v) is 4.23. The minimum absolute atomic E-state index is 0.297. The third-order valence-electron chi connectivity index (χ3n) is 3.16. The van der Waals surface area contributed by atoms with E-state index in [1.807, 2.05) is 49.0 Å². The summed E-state index contributed by atoms with van der Waals surface area (Å²) in [6, 6.07) is 5.86. The van der Waals surface area contributed by atoms with Crippen molar-refractivity contribution < 1.29 is 4.79 Å². The highest BCUT2D eigenvalue weighted by Crippen LogP contribution is 2.35. The molecular formula is C14H14N4OS. The van der Waals surface area contributed by atoms with Crippen LogP contribution in [0.3, 0.4) is 0 Å². The second kappa shape index (κ2) is 4.73. The Morgan fingerprint density at radius 2 is 2.05 bits per heavy atom. The van der Waals surface area contributed by atoms with Gasteiger partial charge in [0.05, 0.1) is 5.69 Å². The molecule has 3 rings (SSSR count). The van der Waals surface area contributed by atoms with E-state index >= 15 is 0 Å². The normalized spacial score (nSPS) is 10.9. The fourth-order valence-electron chi connectivity index (χ4n) is 2.37. The van der Waals surface area contributed by atoms with Gasteiger partial charge in [0.15, 0.2) is 0 Å². The van der Waals surface area contributed by atoms with Gasteiger partial charge >= 0.3 is 0 Å². The van der Waals surface area contributed by atoms with E-state index in [9.17, 15) is 4.79 Å². The fourth-order valence-corrected chi connectivity index (χ4v) is 3.57. The zero-order valence-corrected chi connectivity index (χ0v) is 12.0. The van der Waals surface area contributed by atoms with Crippen LogP contribution in [0.15, 0.2) is 30.6 Å². The molecule has 0 aromatic carbocycles. The molecule has 0 radical (unpaired) electrons.